The van der Waals surface area contributed by atoms with Gasteiger partial charge in [-0.25, -0.2) is 0 Å². The lowest BCUT2D eigenvalue weighted by atomic mass is 10.1. The minimum absolute atomic E-state index is 0.165. The molecule has 0 saturated carbocycles. The van der Waals surface area contributed by atoms with Gasteiger partial charge in [-0.3, -0.25) is 14.4 Å². The van der Waals surface area contributed by atoms with Gasteiger partial charge < -0.3 is 10.1 Å². The van der Waals surface area contributed by atoms with E-state index in [9.17, 15) is 14.4 Å². The van der Waals surface area contributed by atoms with Crippen molar-refractivity contribution in [3.8, 4) is 0 Å². The molecular formula is C13H11NO4. The third kappa shape index (κ3) is 2.29. The number of hydrogen-bond donors (Lipinski definition) is 1. The first-order chi connectivity index (χ1) is 8.61. The maximum absolute atomic E-state index is 11.5. The number of fused-ring (bicyclic) bond motifs is 1. The van der Waals surface area contributed by atoms with E-state index in [2.05, 4.69) is 10.1 Å². The molecule has 1 aromatic rings. The van der Waals surface area contributed by atoms with Crippen LogP contribution in [0.15, 0.2) is 24.3 Å². The summed E-state index contributed by atoms with van der Waals surface area (Å²) in [4.78, 5) is 33.5. The van der Waals surface area contributed by atoms with Gasteiger partial charge in [0.05, 0.1) is 24.8 Å². The lowest BCUT2D eigenvalue weighted by Gasteiger charge is -1.98. The normalized spacial score (nSPS) is 13.6. The third-order valence-corrected chi connectivity index (χ3v) is 2.57. The molecule has 1 aliphatic heterocycles. The van der Waals surface area contributed by atoms with Crippen LogP contribution in [-0.2, 0) is 14.3 Å². The van der Waals surface area contributed by atoms with Crippen molar-refractivity contribution in [3.05, 3.63) is 35.4 Å². The SMILES string of the molecule is COC(=O)CC=Cc1ccc2c(c1)C(=O)C(=O)N2. The summed E-state index contributed by atoms with van der Waals surface area (Å²) in [6.07, 6.45) is 3.51. The number of hydrogen-bond acceptors (Lipinski definition) is 4. The van der Waals surface area contributed by atoms with Gasteiger partial charge in [0.15, 0.2) is 0 Å². The molecule has 1 aromatic carbocycles. The van der Waals surface area contributed by atoms with E-state index in [4.69, 9.17) is 0 Å². The van der Waals surface area contributed by atoms with Gasteiger partial charge in [0.25, 0.3) is 11.7 Å². The second-order valence-corrected chi connectivity index (χ2v) is 3.77. The number of rotatable bonds is 3. The topological polar surface area (TPSA) is 72.5 Å². The van der Waals surface area contributed by atoms with Gasteiger partial charge in [-0.15, -0.1) is 0 Å². The first kappa shape index (κ1) is 12.0. The van der Waals surface area contributed by atoms with Crippen molar-refractivity contribution in [1.29, 1.82) is 0 Å². The number of carbonyl (C=O) groups is 3. The van der Waals surface area contributed by atoms with E-state index in [1.165, 1.54) is 7.11 Å². The largest absolute Gasteiger partial charge is 0.469 e. The van der Waals surface area contributed by atoms with Crippen molar-refractivity contribution in [2.45, 2.75) is 6.42 Å². The molecule has 5 heteroatoms. The fourth-order valence-corrected chi connectivity index (χ4v) is 1.64. The Bertz CT molecular complexity index is 560. The highest BCUT2D eigenvalue weighted by molar-refractivity contribution is 6.51. The van der Waals surface area contributed by atoms with Crippen LogP contribution in [0.4, 0.5) is 5.69 Å². The molecule has 0 aliphatic carbocycles. The fraction of sp³-hybridized carbons (Fsp3) is 0.154. The van der Waals surface area contributed by atoms with Crippen LogP contribution in [0.2, 0.25) is 0 Å². The molecule has 0 saturated heterocycles. The first-order valence-corrected chi connectivity index (χ1v) is 5.35. The Morgan fingerprint density at radius 2 is 2.17 bits per heavy atom. The zero-order valence-electron chi connectivity index (χ0n) is 9.73. The molecule has 0 atom stereocenters. The highest BCUT2D eigenvalue weighted by Gasteiger charge is 2.27. The summed E-state index contributed by atoms with van der Waals surface area (Å²) in [6.45, 7) is 0. The predicted octanol–water partition coefficient (Wildman–Crippen LogP) is 1.40. The van der Waals surface area contributed by atoms with Crippen molar-refractivity contribution >= 4 is 29.4 Å². The van der Waals surface area contributed by atoms with Crippen molar-refractivity contribution in [3.63, 3.8) is 0 Å². The number of Topliss-reactive ketones (excluding diaryl/α,β-unsaturated/α-hetero) is 1. The van der Waals surface area contributed by atoms with Crippen molar-refractivity contribution in [2.24, 2.45) is 0 Å². The summed E-state index contributed by atoms with van der Waals surface area (Å²) in [5, 5.41) is 2.47. The Kier molecular flexibility index (Phi) is 3.23. The number of anilines is 1. The maximum atomic E-state index is 11.5. The molecule has 0 unspecified atom stereocenters. The number of esters is 1. The molecule has 0 bridgehead atoms. The summed E-state index contributed by atoms with van der Waals surface area (Å²) in [5.41, 5.74) is 1.64. The Labute approximate surface area is 103 Å². The molecule has 0 fully saturated rings. The van der Waals surface area contributed by atoms with Crippen molar-refractivity contribution < 1.29 is 19.1 Å². The highest BCUT2D eigenvalue weighted by Crippen LogP contribution is 2.24. The molecule has 1 N–H and O–H groups in total. The van der Waals surface area contributed by atoms with E-state index >= 15 is 0 Å². The molecule has 1 amide bonds. The first-order valence-electron chi connectivity index (χ1n) is 5.35. The molecule has 18 heavy (non-hydrogen) atoms. The fourth-order valence-electron chi connectivity index (χ4n) is 1.64. The van der Waals surface area contributed by atoms with Gasteiger partial charge in [-0.05, 0) is 17.7 Å². The number of amides is 1. The third-order valence-electron chi connectivity index (χ3n) is 2.57. The van der Waals surface area contributed by atoms with E-state index in [1.807, 2.05) is 0 Å². The molecule has 1 aliphatic rings. The van der Waals surface area contributed by atoms with E-state index < -0.39 is 11.7 Å². The zero-order valence-corrected chi connectivity index (χ0v) is 9.73. The van der Waals surface area contributed by atoms with Gasteiger partial charge in [0.2, 0.25) is 0 Å². The standard InChI is InChI=1S/C13H11NO4/c1-18-11(15)4-2-3-8-5-6-10-9(7-8)12(16)13(17)14-10/h2-3,5-7H,4H2,1H3,(H,14,16,17). The molecule has 2 rings (SSSR count). The average Bonchev–Trinajstić information content (AvgIpc) is 2.65. The minimum Gasteiger partial charge on any atom is -0.469 e. The Morgan fingerprint density at radius 3 is 2.89 bits per heavy atom. The monoisotopic (exact) mass is 245 g/mol. The van der Waals surface area contributed by atoms with Crippen LogP contribution >= 0.6 is 0 Å². The number of methoxy groups -OCH3 is 1. The van der Waals surface area contributed by atoms with Crippen LogP contribution in [0.5, 0.6) is 0 Å². The van der Waals surface area contributed by atoms with E-state index in [0.717, 1.165) is 5.56 Å². The number of ether oxygens (including phenoxy) is 1. The van der Waals surface area contributed by atoms with Gasteiger partial charge in [0, 0.05) is 0 Å². The van der Waals surface area contributed by atoms with Gasteiger partial charge in [-0.1, -0.05) is 18.2 Å². The van der Waals surface area contributed by atoms with E-state index in [-0.39, 0.29) is 12.4 Å². The minimum atomic E-state index is -0.610. The maximum Gasteiger partial charge on any atom is 0.309 e. The summed E-state index contributed by atoms with van der Waals surface area (Å²) in [5.74, 6) is -1.48. The van der Waals surface area contributed by atoms with Crippen LogP contribution in [0, 0.1) is 0 Å². The predicted molar refractivity (Wildman–Crippen MR) is 65.1 cm³/mol. The number of carbonyl (C=O) groups excluding carboxylic acids is 3. The van der Waals surface area contributed by atoms with E-state index in [0.29, 0.717) is 11.3 Å². The van der Waals surface area contributed by atoms with Gasteiger partial charge in [-0.2, -0.15) is 0 Å². The second-order valence-electron chi connectivity index (χ2n) is 3.77. The molecule has 5 nitrogen and oxygen atoms in total. The molecule has 0 radical (unpaired) electrons. The molecule has 1 heterocycles. The summed E-state index contributed by atoms with van der Waals surface area (Å²) in [6, 6.07) is 5.03. The van der Waals surface area contributed by atoms with Crippen molar-refractivity contribution in [1.82, 2.24) is 0 Å². The number of nitrogens with one attached hydrogen (secondary N) is 1. The average molecular weight is 245 g/mol. The van der Waals surface area contributed by atoms with Crippen LogP contribution in [-0.4, -0.2) is 24.8 Å². The lowest BCUT2D eigenvalue weighted by Crippen LogP contribution is -2.12. The van der Waals surface area contributed by atoms with Gasteiger partial charge >= 0.3 is 5.97 Å². The Hall–Kier alpha value is -2.43. The molecular weight excluding hydrogens is 234 g/mol. The smallest absolute Gasteiger partial charge is 0.309 e. The highest BCUT2D eigenvalue weighted by atomic mass is 16.5. The van der Waals surface area contributed by atoms with Crippen LogP contribution in [0.25, 0.3) is 6.08 Å². The Morgan fingerprint density at radius 1 is 1.39 bits per heavy atom. The number of benzene rings is 1. The number of ketones is 1. The molecule has 92 valence electrons. The summed E-state index contributed by atoms with van der Waals surface area (Å²) >= 11 is 0. The quantitative estimate of drug-likeness (QED) is 0.645. The van der Waals surface area contributed by atoms with Crippen molar-refractivity contribution in [2.75, 3.05) is 12.4 Å². The molecule has 0 aromatic heterocycles. The summed E-state index contributed by atoms with van der Waals surface area (Å²) in [7, 11) is 1.32. The molecule has 0 spiro atoms. The zero-order chi connectivity index (χ0) is 13.1. The van der Waals surface area contributed by atoms with Gasteiger partial charge in [0.1, 0.15) is 0 Å². The lowest BCUT2D eigenvalue weighted by molar-refractivity contribution is -0.139. The van der Waals surface area contributed by atoms with Crippen LogP contribution < -0.4 is 5.32 Å². The Balaban J connectivity index is 2.16. The second kappa shape index (κ2) is 4.83. The van der Waals surface area contributed by atoms with E-state index in [1.54, 1.807) is 30.4 Å². The summed E-state index contributed by atoms with van der Waals surface area (Å²) < 4.78 is 4.49. The van der Waals surface area contributed by atoms with Crippen LogP contribution in [0.3, 0.4) is 0 Å². The van der Waals surface area contributed by atoms with Crippen LogP contribution in [0.1, 0.15) is 22.3 Å².